The first-order chi connectivity index (χ1) is 9.13. The highest BCUT2D eigenvalue weighted by Crippen LogP contribution is 2.28. The Kier molecular flexibility index (Phi) is 4.72. The summed E-state index contributed by atoms with van der Waals surface area (Å²) >= 11 is 0. The molecule has 8 heteroatoms. The minimum atomic E-state index is -3.97. The Morgan fingerprint density at radius 3 is 2.40 bits per heavy atom. The molecule has 0 saturated carbocycles. The van der Waals surface area contributed by atoms with Gasteiger partial charge in [-0.2, -0.15) is 0 Å². The molecule has 0 spiro atoms. The molecule has 0 atom stereocenters. The molecule has 0 aliphatic heterocycles. The molecule has 0 bridgehead atoms. The van der Waals surface area contributed by atoms with Gasteiger partial charge in [0.2, 0.25) is 10.0 Å². The molecule has 7 nitrogen and oxygen atoms in total. The van der Waals surface area contributed by atoms with E-state index >= 15 is 0 Å². The van der Waals surface area contributed by atoms with Gasteiger partial charge in [-0.1, -0.05) is 6.92 Å². The van der Waals surface area contributed by atoms with Crippen LogP contribution in [0.4, 0.5) is 11.4 Å². The van der Waals surface area contributed by atoms with E-state index in [-0.39, 0.29) is 4.90 Å². The first-order valence-corrected chi connectivity index (χ1v) is 7.61. The number of benzene rings is 1. The molecule has 0 aromatic heterocycles. The Bertz CT molecular complexity index is 611. The van der Waals surface area contributed by atoms with Crippen LogP contribution in [0.25, 0.3) is 0 Å². The van der Waals surface area contributed by atoms with Gasteiger partial charge in [-0.05, 0) is 32.4 Å². The fraction of sp³-hybridized carbons (Fsp3) is 0.500. The average molecular weight is 301 g/mol. The molecule has 1 rings (SSSR count). The quantitative estimate of drug-likeness (QED) is 0.619. The van der Waals surface area contributed by atoms with E-state index in [1.807, 2.05) is 6.92 Å². The molecule has 0 radical (unpaired) electrons. The van der Waals surface area contributed by atoms with E-state index in [1.165, 1.54) is 18.2 Å². The topological polar surface area (TPSA) is 101 Å². The summed E-state index contributed by atoms with van der Waals surface area (Å²) in [5.74, 6) is 0. The second kappa shape index (κ2) is 5.76. The molecule has 20 heavy (non-hydrogen) atoms. The number of anilines is 1. The van der Waals surface area contributed by atoms with Crippen LogP contribution in [0.2, 0.25) is 0 Å². The summed E-state index contributed by atoms with van der Waals surface area (Å²) < 4.78 is 27.2. The molecule has 0 fully saturated rings. The molecule has 0 aliphatic carbocycles. The highest BCUT2D eigenvalue weighted by Gasteiger charge is 2.30. The third kappa shape index (κ3) is 3.67. The van der Waals surface area contributed by atoms with E-state index < -0.39 is 26.2 Å². The van der Waals surface area contributed by atoms with Gasteiger partial charge in [-0.25, -0.2) is 13.1 Å². The maximum absolute atomic E-state index is 12.4. The van der Waals surface area contributed by atoms with Gasteiger partial charge in [0.1, 0.15) is 0 Å². The number of nitro groups is 1. The first kappa shape index (κ1) is 16.4. The zero-order valence-corrected chi connectivity index (χ0v) is 12.7. The molecule has 0 aliphatic rings. The Balaban J connectivity index is 3.39. The van der Waals surface area contributed by atoms with Crippen molar-refractivity contribution in [2.45, 2.75) is 37.6 Å². The van der Waals surface area contributed by atoms with E-state index in [0.717, 1.165) is 0 Å². The van der Waals surface area contributed by atoms with Crippen molar-refractivity contribution in [1.82, 2.24) is 4.72 Å². The van der Waals surface area contributed by atoms with Crippen LogP contribution >= 0.6 is 0 Å². The molecule has 2 N–H and O–H groups in total. The smallest absolute Gasteiger partial charge is 0.289 e. The van der Waals surface area contributed by atoms with Crippen LogP contribution in [-0.4, -0.2) is 25.9 Å². The number of rotatable bonds is 6. The van der Waals surface area contributed by atoms with Gasteiger partial charge in [0, 0.05) is 24.3 Å². The van der Waals surface area contributed by atoms with E-state index in [2.05, 4.69) is 10.0 Å². The predicted octanol–water partition coefficient (Wildman–Crippen LogP) is 2.10. The van der Waals surface area contributed by atoms with Crippen molar-refractivity contribution in [3.05, 3.63) is 28.3 Å². The number of hydrogen-bond donors (Lipinski definition) is 2. The third-order valence-electron chi connectivity index (χ3n) is 3.03. The average Bonchev–Trinajstić information content (AvgIpc) is 2.36. The monoisotopic (exact) mass is 301 g/mol. The molecule has 0 amide bonds. The van der Waals surface area contributed by atoms with Crippen LogP contribution in [0.1, 0.15) is 27.2 Å². The van der Waals surface area contributed by atoms with Crippen LogP contribution < -0.4 is 10.0 Å². The summed E-state index contributed by atoms with van der Waals surface area (Å²) in [5.41, 5.74) is -0.629. The standard InChI is InChI=1S/C12H19N3O4S/c1-5-12(2,3)14-20(18,19)11-8-9(13-4)6-7-10(11)15(16)17/h6-8,13-14H,5H2,1-4H3. The van der Waals surface area contributed by atoms with Crippen molar-refractivity contribution in [2.24, 2.45) is 0 Å². The zero-order valence-electron chi connectivity index (χ0n) is 11.9. The maximum Gasteiger partial charge on any atom is 0.289 e. The lowest BCUT2D eigenvalue weighted by Crippen LogP contribution is -2.42. The van der Waals surface area contributed by atoms with Crippen LogP contribution in [0.15, 0.2) is 23.1 Å². The third-order valence-corrected chi connectivity index (χ3v) is 4.76. The van der Waals surface area contributed by atoms with Gasteiger partial charge in [0.25, 0.3) is 5.69 Å². The summed E-state index contributed by atoms with van der Waals surface area (Å²) in [4.78, 5) is 9.96. The maximum atomic E-state index is 12.4. The van der Waals surface area contributed by atoms with Gasteiger partial charge in [0.05, 0.1) is 4.92 Å². The normalized spacial score (nSPS) is 12.2. The summed E-state index contributed by atoms with van der Waals surface area (Å²) in [6.07, 6.45) is 0.561. The van der Waals surface area contributed by atoms with E-state index in [0.29, 0.717) is 12.1 Å². The molecule has 1 aromatic rings. The molecular formula is C12H19N3O4S. The number of nitrogens with zero attached hydrogens (tertiary/aromatic N) is 1. The number of sulfonamides is 1. The number of nitro benzene ring substituents is 1. The van der Waals surface area contributed by atoms with Crippen molar-refractivity contribution in [3.63, 3.8) is 0 Å². The summed E-state index contributed by atoms with van der Waals surface area (Å²) in [6.45, 7) is 5.28. The first-order valence-electron chi connectivity index (χ1n) is 6.13. The lowest BCUT2D eigenvalue weighted by molar-refractivity contribution is -0.387. The predicted molar refractivity (Wildman–Crippen MR) is 77.3 cm³/mol. The van der Waals surface area contributed by atoms with Gasteiger partial charge in [-0.15, -0.1) is 0 Å². The van der Waals surface area contributed by atoms with Crippen LogP contribution in [0.3, 0.4) is 0 Å². The molecule has 0 saturated heterocycles. The van der Waals surface area contributed by atoms with Crippen molar-refractivity contribution in [3.8, 4) is 0 Å². The second-order valence-corrected chi connectivity index (χ2v) is 6.68. The van der Waals surface area contributed by atoms with Crippen LogP contribution in [0.5, 0.6) is 0 Å². The van der Waals surface area contributed by atoms with Gasteiger partial charge in [-0.3, -0.25) is 10.1 Å². The SMILES string of the molecule is CCC(C)(C)NS(=O)(=O)c1cc(NC)ccc1[N+](=O)[O-]. The van der Waals surface area contributed by atoms with Gasteiger partial charge >= 0.3 is 0 Å². The Hall–Kier alpha value is -1.67. The lowest BCUT2D eigenvalue weighted by atomic mass is 10.0. The minimum Gasteiger partial charge on any atom is -0.388 e. The highest BCUT2D eigenvalue weighted by atomic mass is 32.2. The number of nitrogens with one attached hydrogen (secondary N) is 2. The van der Waals surface area contributed by atoms with Crippen molar-refractivity contribution >= 4 is 21.4 Å². The van der Waals surface area contributed by atoms with Crippen molar-refractivity contribution < 1.29 is 13.3 Å². The van der Waals surface area contributed by atoms with Crippen LogP contribution in [-0.2, 0) is 10.0 Å². The van der Waals surface area contributed by atoms with E-state index in [4.69, 9.17) is 0 Å². The van der Waals surface area contributed by atoms with E-state index in [9.17, 15) is 18.5 Å². The Morgan fingerprint density at radius 1 is 1.35 bits per heavy atom. The zero-order chi connectivity index (χ0) is 15.6. The van der Waals surface area contributed by atoms with E-state index in [1.54, 1.807) is 20.9 Å². The molecule has 112 valence electrons. The largest absolute Gasteiger partial charge is 0.388 e. The minimum absolute atomic E-state index is 0.337. The fourth-order valence-electron chi connectivity index (χ4n) is 1.53. The van der Waals surface area contributed by atoms with Crippen LogP contribution in [0, 0.1) is 10.1 Å². The van der Waals surface area contributed by atoms with Gasteiger partial charge < -0.3 is 5.32 Å². The van der Waals surface area contributed by atoms with Crippen molar-refractivity contribution in [2.75, 3.05) is 12.4 Å². The fourth-order valence-corrected chi connectivity index (χ4v) is 3.21. The summed E-state index contributed by atoms with van der Waals surface area (Å²) in [6, 6.07) is 3.90. The molecule has 0 heterocycles. The Labute approximate surface area is 118 Å². The lowest BCUT2D eigenvalue weighted by Gasteiger charge is -2.24. The molecular weight excluding hydrogens is 282 g/mol. The Morgan fingerprint density at radius 2 is 1.95 bits per heavy atom. The van der Waals surface area contributed by atoms with Gasteiger partial charge in [0.15, 0.2) is 4.90 Å². The molecule has 1 aromatic carbocycles. The molecule has 0 unspecified atom stereocenters. The van der Waals surface area contributed by atoms with Crippen molar-refractivity contribution in [1.29, 1.82) is 0 Å². The summed E-state index contributed by atoms with van der Waals surface area (Å²) in [5, 5.41) is 13.8. The number of hydrogen-bond acceptors (Lipinski definition) is 5. The second-order valence-electron chi connectivity index (χ2n) is 5.03. The highest BCUT2D eigenvalue weighted by molar-refractivity contribution is 7.89. The summed E-state index contributed by atoms with van der Waals surface area (Å²) in [7, 11) is -2.36.